The molecule has 4 nitrogen and oxygen atoms in total. The molecule has 1 amide bonds. The Morgan fingerprint density at radius 2 is 1.80 bits per heavy atom. The number of nitrogens with one attached hydrogen (secondary N) is 1. The van der Waals surface area contributed by atoms with Crippen LogP contribution in [0, 0.1) is 5.82 Å². The van der Waals surface area contributed by atoms with Crippen molar-refractivity contribution in [2.45, 2.75) is 45.8 Å². The van der Waals surface area contributed by atoms with Crippen molar-refractivity contribution in [1.82, 2.24) is 5.32 Å². The van der Waals surface area contributed by atoms with Gasteiger partial charge in [-0.3, -0.25) is 4.79 Å². The molecule has 0 aliphatic heterocycles. The highest BCUT2D eigenvalue weighted by atomic mass is 19.1. The van der Waals surface area contributed by atoms with E-state index < -0.39 is 11.7 Å². The fraction of sp³-hybridized carbons (Fsp3) is 0.467. The lowest BCUT2D eigenvalue weighted by Crippen LogP contribution is -2.38. The smallest absolute Gasteiger partial charge is 0.407 e. The van der Waals surface area contributed by atoms with Crippen LogP contribution >= 0.6 is 0 Å². The third kappa shape index (κ3) is 5.82. The molecule has 0 aliphatic rings. The highest BCUT2D eigenvalue weighted by Crippen LogP contribution is 2.09. The zero-order valence-electron chi connectivity index (χ0n) is 12.2. The Hall–Kier alpha value is -1.91. The molecule has 1 aromatic rings. The van der Waals surface area contributed by atoms with E-state index in [9.17, 15) is 14.0 Å². The Morgan fingerprint density at radius 1 is 1.25 bits per heavy atom. The van der Waals surface area contributed by atoms with E-state index in [-0.39, 0.29) is 24.1 Å². The maximum Gasteiger partial charge on any atom is 0.407 e. The molecule has 0 aliphatic carbocycles. The summed E-state index contributed by atoms with van der Waals surface area (Å²) < 4.78 is 17.9. The Kier molecular flexibility index (Phi) is 5.25. The molecule has 1 unspecified atom stereocenters. The molecular formula is C15H20FNO3. The molecule has 0 heterocycles. The van der Waals surface area contributed by atoms with Crippen LogP contribution < -0.4 is 5.32 Å². The van der Waals surface area contributed by atoms with Crippen LogP contribution in [0.5, 0.6) is 0 Å². The van der Waals surface area contributed by atoms with Gasteiger partial charge in [0, 0.05) is 18.0 Å². The summed E-state index contributed by atoms with van der Waals surface area (Å²) in [5.74, 6) is -0.546. The first kappa shape index (κ1) is 16.1. The maximum atomic E-state index is 12.8. The van der Waals surface area contributed by atoms with Crippen molar-refractivity contribution in [3.05, 3.63) is 35.6 Å². The second-order valence-corrected chi connectivity index (χ2v) is 5.68. The van der Waals surface area contributed by atoms with E-state index in [1.165, 1.54) is 24.3 Å². The fourth-order valence-corrected chi connectivity index (χ4v) is 1.59. The number of alkyl carbamates (subject to hydrolysis) is 1. The molecule has 0 saturated heterocycles. The van der Waals surface area contributed by atoms with E-state index in [0.717, 1.165) is 0 Å². The van der Waals surface area contributed by atoms with Crippen molar-refractivity contribution in [3.63, 3.8) is 0 Å². The van der Waals surface area contributed by atoms with E-state index in [2.05, 4.69) is 5.32 Å². The molecule has 0 radical (unpaired) electrons. The van der Waals surface area contributed by atoms with Gasteiger partial charge in [-0.1, -0.05) is 0 Å². The van der Waals surface area contributed by atoms with Crippen molar-refractivity contribution >= 4 is 11.9 Å². The molecule has 110 valence electrons. The summed E-state index contributed by atoms with van der Waals surface area (Å²) in [7, 11) is 0. The predicted molar refractivity (Wildman–Crippen MR) is 74.2 cm³/mol. The summed E-state index contributed by atoms with van der Waals surface area (Å²) in [4.78, 5) is 23.5. The van der Waals surface area contributed by atoms with Gasteiger partial charge >= 0.3 is 6.09 Å². The topological polar surface area (TPSA) is 55.4 Å². The molecule has 1 aromatic carbocycles. The first-order chi connectivity index (χ1) is 9.17. The average Bonchev–Trinajstić information content (AvgIpc) is 2.26. The average molecular weight is 281 g/mol. The predicted octanol–water partition coefficient (Wildman–Crippen LogP) is 3.31. The second-order valence-electron chi connectivity index (χ2n) is 5.68. The molecule has 0 bridgehead atoms. The number of ketones is 1. The van der Waals surface area contributed by atoms with Crippen LogP contribution in [0.4, 0.5) is 9.18 Å². The minimum atomic E-state index is -0.579. The standard InChI is InChI=1S/C15H20FNO3/c1-10(17-14(19)20-15(2,3)4)9-13(18)11-5-7-12(16)8-6-11/h5-8,10H,9H2,1-4H3,(H,17,19). The van der Waals surface area contributed by atoms with Crippen LogP contribution in [-0.2, 0) is 4.74 Å². The number of hydrogen-bond donors (Lipinski definition) is 1. The Morgan fingerprint density at radius 3 is 2.30 bits per heavy atom. The molecular weight excluding hydrogens is 261 g/mol. The van der Waals surface area contributed by atoms with Crippen LogP contribution in [0.25, 0.3) is 0 Å². The molecule has 0 aromatic heterocycles. The number of ether oxygens (including phenoxy) is 1. The molecule has 1 rings (SSSR count). The number of hydrogen-bond acceptors (Lipinski definition) is 3. The SMILES string of the molecule is CC(CC(=O)c1ccc(F)cc1)NC(=O)OC(C)(C)C. The molecule has 0 saturated carbocycles. The lowest BCUT2D eigenvalue weighted by molar-refractivity contribution is 0.0506. The highest BCUT2D eigenvalue weighted by Gasteiger charge is 2.19. The number of rotatable bonds is 4. The Balaban J connectivity index is 2.50. The largest absolute Gasteiger partial charge is 0.444 e. The minimum Gasteiger partial charge on any atom is -0.444 e. The van der Waals surface area contributed by atoms with Gasteiger partial charge < -0.3 is 10.1 Å². The van der Waals surface area contributed by atoms with Gasteiger partial charge in [0.1, 0.15) is 11.4 Å². The van der Waals surface area contributed by atoms with E-state index in [0.29, 0.717) is 5.56 Å². The Labute approximate surface area is 118 Å². The molecule has 1 atom stereocenters. The summed E-state index contributed by atoms with van der Waals surface area (Å²) in [6.07, 6.45) is -0.429. The first-order valence-electron chi connectivity index (χ1n) is 6.45. The molecule has 0 fully saturated rings. The summed E-state index contributed by atoms with van der Waals surface area (Å²) in [5, 5.41) is 2.59. The normalized spacial score (nSPS) is 12.7. The summed E-state index contributed by atoms with van der Waals surface area (Å²) in [6.45, 7) is 7.01. The summed E-state index contributed by atoms with van der Waals surface area (Å²) >= 11 is 0. The fourth-order valence-electron chi connectivity index (χ4n) is 1.59. The van der Waals surface area contributed by atoms with Crippen molar-refractivity contribution in [2.24, 2.45) is 0 Å². The van der Waals surface area contributed by atoms with Gasteiger partial charge in [0.15, 0.2) is 5.78 Å². The van der Waals surface area contributed by atoms with Crippen LogP contribution in [0.2, 0.25) is 0 Å². The van der Waals surface area contributed by atoms with E-state index >= 15 is 0 Å². The van der Waals surface area contributed by atoms with Crippen molar-refractivity contribution in [2.75, 3.05) is 0 Å². The van der Waals surface area contributed by atoms with Crippen molar-refractivity contribution < 1.29 is 18.7 Å². The van der Waals surface area contributed by atoms with Gasteiger partial charge in [-0.25, -0.2) is 9.18 Å². The lowest BCUT2D eigenvalue weighted by atomic mass is 10.0. The van der Waals surface area contributed by atoms with Crippen LogP contribution in [-0.4, -0.2) is 23.5 Å². The monoisotopic (exact) mass is 281 g/mol. The van der Waals surface area contributed by atoms with Crippen LogP contribution in [0.3, 0.4) is 0 Å². The number of benzene rings is 1. The number of Topliss-reactive ketones (excluding diaryl/α,β-unsaturated/α-hetero) is 1. The van der Waals surface area contributed by atoms with E-state index in [4.69, 9.17) is 4.74 Å². The minimum absolute atomic E-state index is 0.130. The first-order valence-corrected chi connectivity index (χ1v) is 6.45. The molecule has 0 spiro atoms. The van der Waals surface area contributed by atoms with Crippen molar-refractivity contribution in [3.8, 4) is 0 Å². The third-order valence-electron chi connectivity index (χ3n) is 2.42. The van der Waals surface area contributed by atoms with E-state index in [1.54, 1.807) is 27.7 Å². The quantitative estimate of drug-likeness (QED) is 0.861. The zero-order chi connectivity index (χ0) is 15.3. The van der Waals surface area contributed by atoms with Gasteiger partial charge in [-0.05, 0) is 52.0 Å². The molecule has 20 heavy (non-hydrogen) atoms. The highest BCUT2D eigenvalue weighted by molar-refractivity contribution is 5.96. The number of carbonyl (C=O) groups excluding carboxylic acids is 2. The molecule has 1 N–H and O–H groups in total. The zero-order valence-corrected chi connectivity index (χ0v) is 12.2. The van der Waals surface area contributed by atoms with Gasteiger partial charge in [0.05, 0.1) is 0 Å². The maximum absolute atomic E-state index is 12.8. The molecule has 5 heteroatoms. The third-order valence-corrected chi connectivity index (χ3v) is 2.42. The number of halogens is 1. The van der Waals surface area contributed by atoms with Gasteiger partial charge in [0.25, 0.3) is 0 Å². The van der Waals surface area contributed by atoms with Crippen molar-refractivity contribution in [1.29, 1.82) is 0 Å². The van der Waals surface area contributed by atoms with Gasteiger partial charge in [-0.2, -0.15) is 0 Å². The number of carbonyl (C=O) groups is 2. The summed E-state index contributed by atoms with van der Waals surface area (Å²) in [5.41, 5.74) is -0.158. The van der Waals surface area contributed by atoms with Gasteiger partial charge in [0.2, 0.25) is 0 Å². The Bertz CT molecular complexity index is 477. The summed E-state index contributed by atoms with van der Waals surface area (Å²) in [6, 6.07) is 4.97. The number of amides is 1. The van der Waals surface area contributed by atoms with E-state index in [1.807, 2.05) is 0 Å². The van der Waals surface area contributed by atoms with Crippen LogP contribution in [0.1, 0.15) is 44.5 Å². The lowest BCUT2D eigenvalue weighted by Gasteiger charge is -2.21. The second kappa shape index (κ2) is 6.50. The van der Waals surface area contributed by atoms with Crippen LogP contribution in [0.15, 0.2) is 24.3 Å². The van der Waals surface area contributed by atoms with Gasteiger partial charge in [-0.15, -0.1) is 0 Å².